The third-order valence-corrected chi connectivity index (χ3v) is 7.20. The molecule has 1 fully saturated rings. The van der Waals surface area contributed by atoms with E-state index in [-0.39, 0.29) is 12.0 Å². The molecule has 1 aromatic rings. The van der Waals surface area contributed by atoms with Crippen LogP contribution in [0.4, 0.5) is 4.79 Å². The quantitative estimate of drug-likeness (QED) is 0.628. The highest BCUT2D eigenvalue weighted by atomic mass is 16.6. The Bertz CT molecular complexity index is 858. The molecule has 1 saturated heterocycles. The van der Waals surface area contributed by atoms with Crippen LogP contribution in [0.5, 0.6) is 11.5 Å². The normalized spacial score (nSPS) is 23.3. The Kier molecular flexibility index (Phi) is 8.10. The number of carboxylic acids is 1. The van der Waals surface area contributed by atoms with Gasteiger partial charge in [-0.15, -0.1) is 0 Å². The van der Waals surface area contributed by atoms with E-state index in [4.69, 9.17) is 14.2 Å². The summed E-state index contributed by atoms with van der Waals surface area (Å²) < 4.78 is 16.7. The van der Waals surface area contributed by atoms with Crippen molar-refractivity contribution in [1.29, 1.82) is 0 Å². The van der Waals surface area contributed by atoms with Gasteiger partial charge in [0.2, 0.25) is 0 Å². The molecule has 2 aliphatic heterocycles. The Morgan fingerprint density at radius 3 is 2.42 bits per heavy atom. The molecule has 0 radical (unpaired) electrons. The van der Waals surface area contributed by atoms with E-state index in [1.165, 1.54) is 25.1 Å². The van der Waals surface area contributed by atoms with Crippen LogP contribution >= 0.6 is 0 Å². The number of amides is 1. The van der Waals surface area contributed by atoms with E-state index in [0.717, 1.165) is 48.8 Å². The monoisotopic (exact) mass is 462 g/mol. The van der Waals surface area contributed by atoms with Crippen molar-refractivity contribution in [2.75, 3.05) is 41.0 Å². The second kappa shape index (κ2) is 10.6. The van der Waals surface area contributed by atoms with E-state index >= 15 is 0 Å². The maximum absolute atomic E-state index is 12.5. The molecule has 2 heterocycles. The number of rotatable bonds is 8. The average Bonchev–Trinajstić information content (AvgIpc) is 2.79. The van der Waals surface area contributed by atoms with Crippen molar-refractivity contribution in [3.63, 3.8) is 0 Å². The number of benzene rings is 1. The number of aliphatic carboxylic acids is 1. The van der Waals surface area contributed by atoms with Gasteiger partial charge in [0.15, 0.2) is 11.5 Å². The highest BCUT2D eigenvalue weighted by Crippen LogP contribution is 2.45. The molecular weight excluding hydrogens is 424 g/mol. The maximum atomic E-state index is 12.5. The first-order chi connectivity index (χ1) is 15.7. The lowest BCUT2D eigenvalue weighted by Crippen LogP contribution is -2.48. The lowest BCUT2D eigenvalue weighted by atomic mass is 9.74. The molecule has 0 saturated carbocycles. The predicted molar refractivity (Wildman–Crippen MR) is 125 cm³/mol. The number of ether oxygens (including phenoxy) is 3. The number of methoxy groups -OCH3 is 2. The van der Waals surface area contributed by atoms with Crippen LogP contribution in [0, 0.1) is 17.8 Å². The molecule has 4 unspecified atom stereocenters. The minimum absolute atomic E-state index is 0.199. The Morgan fingerprint density at radius 1 is 1.15 bits per heavy atom. The molecule has 1 amide bonds. The number of carboxylic acid groups (broad SMARTS) is 1. The average molecular weight is 463 g/mol. The van der Waals surface area contributed by atoms with Crippen LogP contribution in [-0.2, 0) is 16.0 Å². The van der Waals surface area contributed by atoms with Gasteiger partial charge in [0.1, 0.15) is 6.04 Å². The number of nitrogens with zero attached hydrogens (tertiary/aromatic N) is 2. The number of carbonyl (C=O) groups is 2. The molecule has 3 rings (SSSR count). The van der Waals surface area contributed by atoms with Crippen LogP contribution in [0.3, 0.4) is 0 Å². The zero-order valence-electron chi connectivity index (χ0n) is 20.7. The van der Waals surface area contributed by atoms with Gasteiger partial charge in [-0.1, -0.05) is 13.8 Å². The SMILES string of the molecule is COc1cc2c(cc1OC)C1CC(COC(=O)N(C)C(C)C(=O)O)C(CC(C)C)CN1CC2. The molecule has 33 heavy (non-hydrogen) atoms. The van der Waals surface area contributed by atoms with Crippen molar-refractivity contribution in [3.8, 4) is 11.5 Å². The minimum atomic E-state index is -1.05. The van der Waals surface area contributed by atoms with Crippen molar-refractivity contribution in [2.45, 2.75) is 52.1 Å². The molecule has 8 heteroatoms. The van der Waals surface area contributed by atoms with E-state index in [1.54, 1.807) is 14.2 Å². The first kappa shape index (κ1) is 25.1. The van der Waals surface area contributed by atoms with E-state index in [2.05, 4.69) is 30.9 Å². The van der Waals surface area contributed by atoms with Gasteiger partial charge in [0, 0.05) is 26.2 Å². The summed E-state index contributed by atoms with van der Waals surface area (Å²) in [5.74, 6) is 1.58. The fraction of sp³-hybridized carbons (Fsp3) is 0.680. The van der Waals surface area contributed by atoms with Gasteiger partial charge in [-0.25, -0.2) is 9.59 Å². The van der Waals surface area contributed by atoms with E-state index in [0.29, 0.717) is 18.4 Å². The molecule has 4 atom stereocenters. The molecule has 8 nitrogen and oxygen atoms in total. The summed E-state index contributed by atoms with van der Waals surface area (Å²) >= 11 is 0. The number of fused-ring (bicyclic) bond motifs is 3. The Hall–Kier alpha value is -2.48. The van der Waals surface area contributed by atoms with Crippen molar-refractivity contribution in [1.82, 2.24) is 9.80 Å². The third-order valence-electron chi connectivity index (χ3n) is 7.20. The summed E-state index contributed by atoms with van der Waals surface area (Å²) in [6, 6.07) is 3.48. The fourth-order valence-corrected chi connectivity index (χ4v) is 5.18. The van der Waals surface area contributed by atoms with Gasteiger partial charge in [-0.2, -0.15) is 0 Å². The number of piperidine rings is 1. The number of hydrogen-bond donors (Lipinski definition) is 1. The molecule has 0 spiro atoms. The lowest BCUT2D eigenvalue weighted by molar-refractivity contribution is -0.141. The van der Waals surface area contributed by atoms with Gasteiger partial charge in [-0.3, -0.25) is 9.80 Å². The van der Waals surface area contributed by atoms with Crippen LogP contribution < -0.4 is 9.47 Å². The zero-order valence-corrected chi connectivity index (χ0v) is 20.7. The Balaban J connectivity index is 1.80. The first-order valence-corrected chi connectivity index (χ1v) is 11.8. The molecule has 184 valence electrons. The van der Waals surface area contributed by atoms with Crippen LogP contribution in [0.25, 0.3) is 0 Å². The van der Waals surface area contributed by atoms with E-state index < -0.39 is 18.1 Å². The summed E-state index contributed by atoms with van der Waals surface area (Å²) in [4.78, 5) is 27.4. The molecule has 1 aromatic carbocycles. The topological polar surface area (TPSA) is 88.5 Å². The summed E-state index contributed by atoms with van der Waals surface area (Å²) in [5, 5.41) is 9.19. The van der Waals surface area contributed by atoms with Crippen molar-refractivity contribution >= 4 is 12.1 Å². The standard InChI is InChI=1S/C25H38N2O6/c1-15(2)9-18-13-27-8-7-17-11-22(31-5)23(32-6)12-20(17)21(27)10-19(18)14-33-25(30)26(4)16(3)24(28)29/h11-12,15-16,18-19,21H,7-10,13-14H2,1-6H3,(H,28,29). The minimum Gasteiger partial charge on any atom is -0.493 e. The zero-order chi connectivity index (χ0) is 24.3. The smallest absolute Gasteiger partial charge is 0.410 e. The highest BCUT2D eigenvalue weighted by Gasteiger charge is 2.40. The fourth-order valence-electron chi connectivity index (χ4n) is 5.18. The summed E-state index contributed by atoms with van der Waals surface area (Å²) in [6.45, 7) is 8.16. The van der Waals surface area contributed by atoms with Crippen molar-refractivity contribution in [2.24, 2.45) is 17.8 Å². The molecule has 2 aliphatic rings. The summed E-state index contributed by atoms with van der Waals surface area (Å²) in [6.07, 6.45) is 2.32. The van der Waals surface area contributed by atoms with E-state index in [1.807, 2.05) is 0 Å². The van der Waals surface area contributed by atoms with Crippen molar-refractivity contribution < 1.29 is 28.9 Å². The van der Waals surface area contributed by atoms with Gasteiger partial charge in [0.05, 0.1) is 20.8 Å². The molecule has 1 N–H and O–H groups in total. The second-order valence-electron chi connectivity index (χ2n) is 9.75. The second-order valence-corrected chi connectivity index (χ2v) is 9.75. The summed E-state index contributed by atoms with van der Waals surface area (Å²) in [5.41, 5.74) is 2.54. The van der Waals surface area contributed by atoms with Gasteiger partial charge >= 0.3 is 12.1 Å². The maximum Gasteiger partial charge on any atom is 0.410 e. The van der Waals surface area contributed by atoms with E-state index in [9.17, 15) is 14.7 Å². The van der Waals surface area contributed by atoms with Crippen LogP contribution in [0.15, 0.2) is 12.1 Å². The van der Waals surface area contributed by atoms with Gasteiger partial charge < -0.3 is 19.3 Å². The van der Waals surface area contributed by atoms with Gasteiger partial charge in [-0.05, 0) is 67.2 Å². The predicted octanol–water partition coefficient (Wildman–Crippen LogP) is 3.83. The number of hydrogen-bond acceptors (Lipinski definition) is 6. The summed E-state index contributed by atoms with van der Waals surface area (Å²) in [7, 11) is 4.77. The molecule has 0 bridgehead atoms. The largest absolute Gasteiger partial charge is 0.493 e. The first-order valence-electron chi connectivity index (χ1n) is 11.8. The van der Waals surface area contributed by atoms with Crippen LogP contribution in [0.2, 0.25) is 0 Å². The molecular formula is C25H38N2O6. The molecule has 0 aliphatic carbocycles. The van der Waals surface area contributed by atoms with Gasteiger partial charge in [0.25, 0.3) is 0 Å². The number of likely N-dealkylation sites (N-methyl/N-ethyl adjacent to an activating group) is 1. The van der Waals surface area contributed by atoms with Crippen LogP contribution in [-0.4, -0.2) is 74.0 Å². The third kappa shape index (κ3) is 5.54. The highest BCUT2D eigenvalue weighted by molar-refractivity contribution is 5.79. The number of carbonyl (C=O) groups excluding carboxylic acids is 1. The van der Waals surface area contributed by atoms with Crippen molar-refractivity contribution in [3.05, 3.63) is 23.3 Å². The molecule has 0 aromatic heterocycles. The Morgan fingerprint density at radius 2 is 1.82 bits per heavy atom. The Labute approximate surface area is 196 Å². The lowest BCUT2D eigenvalue weighted by Gasteiger charge is -2.47. The van der Waals surface area contributed by atoms with Crippen LogP contribution in [0.1, 0.15) is 50.8 Å².